The number of pyridine rings is 1. The first-order valence-electron chi connectivity index (χ1n) is 25.1. The number of esters is 1. The van der Waals surface area contributed by atoms with Crippen LogP contribution in [0, 0.1) is 29.6 Å². The number of likely N-dealkylation sites (N-methyl/N-ethyl adjacent to an activating group) is 1. The maximum atomic E-state index is 17.0. The zero-order valence-electron chi connectivity index (χ0n) is 44.3. The Morgan fingerprint density at radius 3 is 2.41 bits per heavy atom. The average Bonchev–Trinajstić information content (AvgIpc) is 3.78. The van der Waals surface area contributed by atoms with Gasteiger partial charge in [-0.25, -0.2) is 24.1 Å². The number of nitrogens with zero attached hydrogens (tertiary/aromatic N) is 5. The molecule has 20 heteroatoms. The van der Waals surface area contributed by atoms with Crippen LogP contribution in [0.15, 0.2) is 33.7 Å². The second-order valence-electron chi connectivity index (χ2n) is 20.7. The Balaban J connectivity index is 1.75. The molecule has 2 saturated heterocycles. The summed E-state index contributed by atoms with van der Waals surface area (Å²) >= 11 is 1.33. The predicted octanol–water partition coefficient (Wildman–Crippen LogP) is 6.48. The first-order chi connectivity index (χ1) is 33.2. The summed E-state index contributed by atoms with van der Waals surface area (Å²) in [5, 5.41) is 45.7. The number of carbonyl (C=O) groups is 3. The highest BCUT2D eigenvalue weighted by Gasteiger charge is 2.53. The van der Waals surface area contributed by atoms with Gasteiger partial charge in [0.2, 0.25) is 17.5 Å². The quantitative estimate of drug-likeness (QED) is 0.0686. The van der Waals surface area contributed by atoms with E-state index in [0.29, 0.717) is 46.5 Å². The highest BCUT2D eigenvalue weighted by Crippen LogP contribution is 2.39. The van der Waals surface area contributed by atoms with E-state index in [1.54, 1.807) is 44.4 Å². The number of rotatable bonds is 16. The number of ether oxygens (including phenoxy) is 4. The number of halogens is 1. The van der Waals surface area contributed by atoms with Crippen molar-refractivity contribution >= 4 is 46.4 Å². The van der Waals surface area contributed by atoms with Gasteiger partial charge in [-0.1, -0.05) is 66.6 Å². The van der Waals surface area contributed by atoms with E-state index in [1.165, 1.54) is 25.2 Å². The highest BCUT2D eigenvalue weighted by molar-refractivity contribution is 7.13. The van der Waals surface area contributed by atoms with Crippen LogP contribution in [-0.2, 0) is 44.8 Å². The van der Waals surface area contributed by atoms with Gasteiger partial charge in [0.05, 0.1) is 42.4 Å². The van der Waals surface area contributed by atoms with E-state index in [1.807, 2.05) is 60.5 Å². The molecule has 2 fully saturated rings. The number of anilines is 1. The number of carbonyl (C=O) groups excluding carboxylic acids is 3. The molecular weight excluding hydrogens is 938 g/mol. The van der Waals surface area contributed by atoms with Gasteiger partial charge >= 0.3 is 5.97 Å². The summed E-state index contributed by atoms with van der Waals surface area (Å²) in [4.78, 5) is 61.2. The minimum atomic E-state index is -3.01. The van der Waals surface area contributed by atoms with Crippen LogP contribution in [0.2, 0.25) is 0 Å². The van der Waals surface area contributed by atoms with E-state index < -0.39 is 77.8 Å². The lowest BCUT2D eigenvalue weighted by atomic mass is 9.70. The highest BCUT2D eigenvalue weighted by atomic mass is 32.1. The van der Waals surface area contributed by atoms with Gasteiger partial charge in [-0.3, -0.25) is 9.59 Å². The number of aliphatic imine (C=N–C) groups is 1. The lowest BCUT2D eigenvalue weighted by Gasteiger charge is -2.44. The molecule has 71 heavy (non-hydrogen) atoms. The lowest BCUT2D eigenvalue weighted by Crippen LogP contribution is -2.58. The molecule has 18 nitrogen and oxygen atoms in total. The lowest BCUT2D eigenvalue weighted by molar-refractivity contribution is -0.289. The third-order valence-corrected chi connectivity index (χ3v) is 14.7. The van der Waals surface area contributed by atoms with E-state index in [0.717, 1.165) is 6.92 Å². The number of nitrogens with one attached hydrogen (secondary N) is 1. The van der Waals surface area contributed by atoms with E-state index >= 15 is 4.39 Å². The minimum absolute atomic E-state index is 0.0586. The Morgan fingerprint density at radius 2 is 1.79 bits per heavy atom. The number of amides is 2. The molecule has 2 unspecified atom stereocenters. The first kappa shape index (κ1) is 59.7. The molecule has 6 N–H and O–H groups in total. The first-order valence-corrected chi connectivity index (χ1v) is 26.0. The fourth-order valence-electron chi connectivity index (χ4n) is 9.53. The summed E-state index contributed by atoms with van der Waals surface area (Å²) in [6.07, 6.45) is -6.45. The standard InChI is InChI=1S/C51H82FN7O11S/c1-15-39-51(12,65)35(30(8)42(28(5)6)57-41(60)16-2)21-20-33(58-67-25-34-26-71-47(54-34)37-18-17-19-40(55-37)56-46(63)36(53)22-27(3)4)24-66-32(10)44(31(9)45(62)50(11,52)49(64)69-39)70-48-43(61)38(59(13)14)23-29(7)68-48/h17-19,26-32,35-36,38-39,43-45,48,61-62,65H,15-16,20-25,53H2,1-14H3,(H,55,56,63)/b57-42?,58-33+/t29-,30-,31-,32?,35-,36+,38+,39-,43-,44-,45?,48+,50+,51+/m1/s1. The summed E-state index contributed by atoms with van der Waals surface area (Å²) in [6, 6.07) is 4.19. The number of oxime groups is 1. The maximum Gasteiger partial charge on any atom is 0.346 e. The molecule has 4 rings (SSSR count). The van der Waals surface area contributed by atoms with Gasteiger partial charge < -0.3 is 55.1 Å². The number of nitrogens with two attached hydrogens (primary N) is 1. The minimum Gasteiger partial charge on any atom is -0.457 e. The van der Waals surface area contributed by atoms with Crippen molar-refractivity contribution in [2.75, 3.05) is 26.0 Å². The fourth-order valence-corrected chi connectivity index (χ4v) is 10.3. The van der Waals surface area contributed by atoms with Crippen LogP contribution >= 0.6 is 11.3 Å². The van der Waals surface area contributed by atoms with Crippen molar-refractivity contribution in [3.8, 4) is 10.7 Å². The van der Waals surface area contributed by atoms with Crippen LogP contribution in [0.1, 0.15) is 127 Å². The zero-order chi connectivity index (χ0) is 53.1. The zero-order valence-corrected chi connectivity index (χ0v) is 45.1. The molecule has 2 aromatic heterocycles. The molecule has 0 saturated carbocycles. The topological polar surface area (TPSA) is 250 Å². The van der Waals surface area contributed by atoms with Crippen molar-refractivity contribution in [1.29, 1.82) is 0 Å². The van der Waals surface area contributed by atoms with Crippen molar-refractivity contribution in [3.63, 3.8) is 0 Å². The molecule has 0 radical (unpaired) electrons. The Labute approximate surface area is 423 Å². The molecular formula is C51H82FN7O11S. The number of aromatic nitrogens is 2. The third-order valence-electron chi connectivity index (χ3n) is 13.7. The Bertz CT molecular complexity index is 2120. The summed E-state index contributed by atoms with van der Waals surface area (Å²) in [5.74, 6) is -4.16. The van der Waals surface area contributed by atoms with Crippen molar-refractivity contribution in [3.05, 3.63) is 29.3 Å². The number of cyclic esters (lactones) is 1. The van der Waals surface area contributed by atoms with Gasteiger partial charge in [0, 0.05) is 35.4 Å². The van der Waals surface area contributed by atoms with Crippen LogP contribution in [0.3, 0.4) is 0 Å². The molecule has 2 amide bonds. The van der Waals surface area contributed by atoms with E-state index in [4.69, 9.17) is 34.5 Å². The van der Waals surface area contributed by atoms with Crippen LogP contribution in [0.5, 0.6) is 0 Å². The number of hydrogen-bond acceptors (Lipinski definition) is 17. The van der Waals surface area contributed by atoms with Crippen molar-refractivity contribution in [1.82, 2.24) is 14.9 Å². The Hall–Kier alpha value is -3.86. The van der Waals surface area contributed by atoms with Gasteiger partial charge in [0.15, 0.2) is 12.9 Å². The molecule has 2 aliphatic heterocycles. The average molecular weight is 1020 g/mol. The molecule has 0 spiro atoms. The van der Waals surface area contributed by atoms with Crippen LogP contribution in [0.4, 0.5) is 10.2 Å². The van der Waals surface area contributed by atoms with Gasteiger partial charge in [-0.05, 0) is 104 Å². The van der Waals surface area contributed by atoms with Crippen LogP contribution < -0.4 is 11.1 Å². The predicted molar refractivity (Wildman–Crippen MR) is 271 cm³/mol. The molecule has 14 atom stereocenters. The third kappa shape index (κ3) is 15.8. The number of thiazole rings is 1. The monoisotopic (exact) mass is 1020 g/mol. The van der Waals surface area contributed by atoms with Crippen molar-refractivity contribution < 1.29 is 57.9 Å². The fraction of sp³-hybridized carbons (Fsp3) is 0.745. The Kier molecular flexibility index (Phi) is 22.2. The number of alkyl halides is 1. The molecule has 0 aromatic carbocycles. The summed E-state index contributed by atoms with van der Waals surface area (Å²) < 4.78 is 42.0. The van der Waals surface area contributed by atoms with Crippen LogP contribution in [-0.4, -0.2) is 146 Å². The van der Waals surface area contributed by atoms with Gasteiger partial charge in [-0.15, -0.1) is 11.3 Å². The molecule has 0 aliphatic carbocycles. The second-order valence-corrected chi connectivity index (χ2v) is 21.5. The van der Waals surface area contributed by atoms with E-state index in [2.05, 4.69) is 20.4 Å². The molecule has 2 aliphatic rings. The van der Waals surface area contributed by atoms with Gasteiger partial charge in [0.25, 0.3) is 0 Å². The van der Waals surface area contributed by atoms with Gasteiger partial charge in [-0.2, -0.15) is 0 Å². The number of hydrogen-bond donors (Lipinski definition) is 5. The van der Waals surface area contributed by atoms with E-state index in [9.17, 15) is 29.7 Å². The Morgan fingerprint density at radius 1 is 1.10 bits per heavy atom. The molecule has 4 heterocycles. The summed E-state index contributed by atoms with van der Waals surface area (Å²) in [6.45, 7) is 20.3. The number of aliphatic hydroxyl groups excluding tert-OH is 2. The van der Waals surface area contributed by atoms with Gasteiger partial charge in [0.1, 0.15) is 40.4 Å². The van der Waals surface area contributed by atoms with Crippen LogP contribution in [0.25, 0.3) is 10.7 Å². The number of aliphatic hydroxyl groups is 3. The van der Waals surface area contributed by atoms with Crippen molar-refractivity contribution in [2.24, 2.45) is 45.5 Å². The summed E-state index contributed by atoms with van der Waals surface area (Å²) in [5.41, 5.74) is 3.24. The normalized spacial score (nSPS) is 32.3. The largest absolute Gasteiger partial charge is 0.457 e. The maximum absolute atomic E-state index is 17.0. The molecule has 2 aromatic rings. The van der Waals surface area contributed by atoms with Crippen molar-refractivity contribution in [2.45, 2.75) is 194 Å². The van der Waals surface area contributed by atoms with E-state index in [-0.39, 0.29) is 74.7 Å². The molecule has 400 valence electrons. The summed E-state index contributed by atoms with van der Waals surface area (Å²) in [7, 11) is 3.67. The SMILES string of the molecule is CCC(=O)N=C(C(C)C)[C@H](C)[C@H]1CC/C(=N\OCc2csc(-c3cccc(NC(=O)[C@@H](N)CC(C)C)n3)n2)COC(C)[C@H](O[C@@H]2O[C@H](C)C[C@H](N(C)C)[C@H]2O)[C@@H](C)C(O)[C@](C)(F)C(=O)O[C@H](CC)[C@@]1(C)O. The smallest absolute Gasteiger partial charge is 0.346 e. The second kappa shape index (κ2) is 26.4. The molecule has 0 bridgehead atoms.